The average Bonchev–Trinajstić information content (AvgIpc) is 2.45. The Morgan fingerprint density at radius 2 is 2.30 bits per heavy atom. The minimum atomic E-state index is 0.652. The highest BCUT2D eigenvalue weighted by molar-refractivity contribution is 9.10. The average molecular weight is 341 g/mol. The molecule has 0 amide bonds. The normalized spacial score (nSPS) is 20.2. The highest BCUT2D eigenvalue weighted by Crippen LogP contribution is 2.20. The van der Waals surface area contributed by atoms with Crippen LogP contribution in [0.4, 0.5) is 0 Å². The van der Waals surface area contributed by atoms with Crippen molar-refractivity contribution in [3.63, 3.8) is 0 Å². The summed E-state index contributed by atoms with van der Waals surface area (Å²) in [5.74, 6) is 0. The Bertz CT molecular complexity index is 400. The lowest BCUT2D eigenvalue weighted by Gasteiger charge is -2.36. The number of methoxy groups -OCH3 is 1. The molecule has 112 valence electrons. The largest absolute Gasteiger partial charge is 0.383 e. The van der Waals surface area contributed by atoms with Gasteiger partial charge in [0.15, 0.2) is 0 Å². The van der Waals surface area contributed by atoms with Crippen LogP contribution in [0.5, 0.6) is 0 Å². The fraction of sp³-hybridized carbons (Fsp3) is 0.625. The third kappa shape index (κ3) is 5.17. The Balaban J connectivity index is 1.86. The summed E-state index contributed by atoms with van der Waals surface area (Å²) in [6.45, 7) is 5.06. The van der Waals surface area contributed by atoms with E-state index in [4.69, 9.17) is 4.74 Å². The van der Waals surface area contributed by atoms with Crippen LogP contribution >= 0.6 is 15.9 Å². The van der Waals surface area contributed by atoms with Gasteiger partial charge in [0, 0.05) is 37.3 Å². The maximum atomic E-state index is 5.09. The topological polar surface area (TPSA) is 24.5 Å². The van der Waals surface area contributed by atoms with Crippen molar-refractivity contribution in [2.75, 3.05) is 33.4 Å². The van der Waals surface area contributed by atoms with E-state index in [0.29, 0.717) is 6.04 Å². The molecular formula is C16H25BrN2O. The van der Waals surface area contributed by atoms with E-state index < -0.39 is 0 Å². The Morgan fingerprint density at radius 3 is 3.10 bits per heavy atom. The van der Waals surface area contributed by atoms with Crippen molar-refractivity contribution in [3.05, 3.63) is 34.3 Å². The number of ether oxygens (including phenoxy) is 1. The lowest BCUT2D eigenvalue weighted by atomic mass is 10.0. The van der Waals surface area contributed by atoms with Crippen LogP contribution in [0.25, 0.3) is 0 Å². The predicted octanol–water partition coefficient (Wildman–Crippen LogP) is 3.04. The molecule has 1 heterocycles. The van der Waals surface area contributed by atoms with Crippen LogP contribution in [0, 0.1) is 0 Å². The molecule has 20 heavy (non-hydrogen) atoms. The first kappa shape index (κ1) is 16.0. The van der Waals surface area contributed by atoms with Crippen molar-refractivity contribution in [1.82, 2.24) is 10.2 Å². The molecule has 2 rings (SSSR count). The highest BCUT2D eigenvalue weighted by atomic mass is 79.9. The van der Waals surface area contributed by atoms with Crippen LogP contribution in [0.1, 0.15) is 24.8 Å². The predicted molar refractivity (Wildman–Crippen MR) is 86.9 cm³/mol. The van der Waals surface area contributed by atoms with Crippen molar-refractivity contribution in [2.24, 2.45) is 0 Å². The Morgan fingerprint density at radius 1 is 1.40 bits per heavy atom. The maximum Gasteiger partial charge on any atom is 0.0587 e. The molecule has 1 aromatic carbocycles. The minimum absolute atomic E-state index is 0.652. The van der Waals surface area contributed by atoms with Gasteiger partial charge in [0.2, 0.25) is 0 Å². The molecule has 1 aliphatic rings. The van der Waals surface area contributed by atoms with E-state index in [1.54, 1.807) is 7.11 Å². The number of nitrogens with zero attached hydrogens (tertiary/aromatic N) is 1. The lowest BCUT2D eigenvalue weighted by Crippen LogP contribution is -2.45. The van der Waals surface area contributed by atoms with Crippen LogP contribution in [0.3, 0.4) is 0 Å². The second kappa shape index (κ2) is 8.78. The number of nitrogens with one attached hydrogen (secondary N) is 1. The molecule has 0 aromatic heterocycles. The van der Waals surface area contributed by atoms with E-state index in [1.807, 2.05) is 0 Å². The van der Waals surface area contributed by atoms with Gasteiger partial charge in [-0.2, -0.15) is 0 Å². The van der Waals surface area contributed by atoms with E-state index >= 15 is 0 Å². The summed E-state index contributed by atoms with van der Waals surface area (Å²) in [5, 5.41) is 3.51. The van der Waals surface area contributed by atoms with E-state index in [1.165, 1.54) is 35.8 Å². The van der Waals surface area contributed by atoms with Crippen LogP contribution in [0.15, 0.2) is 28.7 Å². The number of rotatable bonds is 7. The van der Waals surface area contributed by atoms with Crippen LogP contribution in [0.2, 0.25) is 0 Å². The zero-order chi connectivity index (χ0) is 14.2. The number of benzene rings is 1. The molecule has 1 unspecified atom stereocenters. The Labute approximate surface area is 130 Å². The van der Waals surface area contributed by atoms with Gasteiger partial charge >= 0.3 is 0 Å². The number of likely N-dealkylation sites (tertiary alicyclic amines) is 1. The van der Waals surface area contributed by atoms with Gasteiger partial charge in [-0.1, -0.05) is 34.5 Å². The number of hydrogen-bond donors (Lipinski definition) is 1. The molecule has 4 heteroatoms. The fourth-order valence-corrected chi connectivity index (χ4v) is 3.26. The molecule has 0 radical (unpaired) electrons. The van der Waals surface area contributed by atoms with Crippen molar-refractivity contribution in [1.29, 1.82) is 0 Å². The number of hydrogen-bond acceptors (Lipinski definition) is 3. The molecule has 1 aliphatic heterocycles. The maximum absolute atomic E-state index is 5.09. The van der Waals surface area contributed by atoms with Gasteiger partial charge in [-0.15, -0.1) is 0 Å². The SMILES string of the molecule is COCCNCC1CCCCN1Cc1cccc(Br)c1. The van der Waals surface area contributed by atoms with Gasteiger partial charge in [-0.05, 0) is 37.1 Å². The van der Waals surface area contributed by atoms with Gasteiger partial charge in [-0.25, -0.2) is 0 Å². The summed E-state index contributed by atoms with van der Waals surface area (Å²) in [5.41, 5.74) is 1.39. The van der Waals surface area contributed by atoms with Crippen LogP contribution in [-0.2, 0) is 11.3 Å². The summed E-state index contributed by atoms with van der Waals surface area (Å²) >= 11 is 3.56. The fourth-order valence-electron chi connectivity index (χ4n) is 2.81. The Hall–Kier alpha value is -0.420. The van der Waals surface area contributed by atoms with E-state index in [0.717, 1.165) is 26.2 Å². The first-order chi connectivity index (χ1) is 9.79. The lowest BCUT2D eigenvalue weighted by molar-refractivity contribution is 0.133. The highest BCUT2D eigenvalue weighted by Gasteiger charge is 2.21. The summed E-state index contributed by atoms with van der Waals surface area (Å²) in [7, 11) is 1.75. The first-order valence-corrected chi connectivity index (χ1v) is 8.27. The molecule has 0 aliphatic carbocycles. The van der Waals surface area contributed by atoms with Crippen molar-refractivity contribution in [2.45, 2.75) is 31.8 Å². The summed E-state index contributed by atoms with van der Waals surface area (Å²) in [6, 6.07) is 9.30. The molecule has 3 nitrogen and oxygen atoms in total. The Kier molecular flexibility index (Phi) is 7.00. The summed E-state index contributed by atoms with van der Waals surface area (Å²) < 4.78 is 6.25. The smallest absolute Gasteiger partial charge is 0.0587 e. The summed E-state index contributed by atoms with van der Waals surface area (Å²) in [6.07, 6.45) is 3.97. The zero-order valence-electron chi connectivity index (χ0n) is 12.3. The first-order valence-electron chi connectivity index (χ1n) is 7.48. The van der Waals surface area contributed by atoms with E-state index in [9.17, 15) is 0 Å². The summed E-state index contributed by atoms with van der Waals surface area (Å²) in [4.78, 5) is 2.62. The van der Waals surface area contributed by atoms with Gasteiger partial charge in [0.05, 0.1) is 6.61 Å². The second-order valence-corrected chi connectivity index (χ2v) is 6.36. The molecule has 1 atom stereocenters. The molecule has 1 aromatic rings. The third-order valence-corrected chi connectivity index (χ3v) is 4.38. The van der Waals surface area contributed by atoms with Crippen molar-refractivity contribution >= 4 is 15.9 Å². The van der Waals surface area contributed by atoms with Gasteiger partial charge < -0.3 is 10.1 Å². The van der Waals surface area contributed by atoms with Gasteiger partial charge in [-0.3, -0.25) is 4.90 Å². The molecule has 0 spiro atoms. The molecular weight excluding hydrogens is 316 g/mol. The molecule has 0 saturated carbocycles. The molecule has 0 bridgehead atoms. The monoisotopic (exact) mass is 340 g/mol. The number of piperidine rings is 1. The van der Waals surface area contributed by atoms with Crippen molar-refractivity contribution < 1.29 is 4.74 Å². The molecule has 1 fully saturated rings. The zero-order valence-corrected chi connectivity index (χ0v) is 13.9. The number of halogens is 1. The quantitative estimate of drug-likeness (QED) is 0.772. The van der Waals surface area contributed by atoms with Crippen LogP contribution in [-0.4, -0.2) is 44.3 Å². The van der Waals surface area contributed by atoms with Gasteiger partial charge in [0.25, 0.3) is 0 Å². The third-order valence-electron chi connectivity index (χ3n) is 3.89. The standard InChI is InChI=1S/C16H25BrN2O/c1-20-10-8-18-12-16-7-2-3-9-19(16)13-14-5-4-6-15(17)11-14/h4-6,11,16,18H,2-3,7-10,12-13H2,1H3. The van der Waals surface area contributed by atoms with Crippen molar-refractivity contribution in [3.8, 4) is 0 Å². The molecule has 1 N–H and O–H groups in total. The minimum Gasteiger partial charge on any atom is -0.383 e. The van der Waals surface area contributed by atoms with Crippen LogP contribution < -0.4 is 5.32 Å². The van der Waals surface area contributed by atoms with Gasteiger partial charge in [0.1, 0.15) is 0 Å². The molecule has 1 saturated heterocycles. The second-order valence-electron chi connectivity index (χ2n) is 5.45. The van der Waals surface area contributed by atoms with E-state index in [2.05, 4.69) is 50.4 Å². The van der Waals surface area contributed by atoms with E-state index in [-0.39, 0.29) is 0 Å².